The third kappa shape index (κ3) is 4.33. The first-order chi connectivity index (χ1) is 10.1. The smallest absolute Gasteiger partial charge is 0.251 e. The standard InChI is InChI=1S/C17H20N2O2/c1-12-7-14(10-15(18)8-12)17(21)19-16(11-20)9-13-5-3-2-4-6-13/h2-8,10,16,20H,9,11,18H2,1H3,(H,19,21)/t16-/m1/s1. The van der Waals surface area contributed by atoms with E-state index in [-0.39, 0.29) is 18.6 Å². The first-order valence-corrected chi connectivity index (χ1v) is 6.91. The fourth-order valence-corrected chi connectivity index (χ4v) is 2.27. The Kier molecular flexibility index (Phi) is 4.95. The lowest BCUT2D eigenvalue weighted by Gasteiger charge is -2.17. The maximum atomic E-state index is 12.2. The second-order valence-electron chi connectivity index (χ2n) is 5.18. The number of nitrogens with two attached hydrogens (primary N) is 1. The normalized spacial score (nSPS) is 11.9. The predicted molar refractivity (Wildman–Crippen MR) is 84.1 cm³/mol. The van der Waals surface area contributed by atoms with Crippen molar-refractivity contribution in [3.8, 4) is 0 Å². The average Bonchev–Trinajstić information content (AvgIpc) is 2.46. The van der Waals surface area contributed by atoms with E-state index in [0.717, 1.165) is 11.1 Å². The van der Waals surface area contributed by atoms with Crippen LogP contribution in [0.4, 0.5) is 5.69 Å². The molecule has 2 aromatic rings. The van der Waals surface area contributed by atoms with Crippen molar-refractivity contribution in [2.75, 3.05) is 12.3 Å². The van der Waals surface area contributed by atoms with Crippen molar-refractivity contribution in [2.45, 2.75) is 19.4 Å². The molecule has 0 spiro atoms. The van der Waals surface area contributed by atoms with Crippen LogP contribution < -0.4 is 11.1 Å². The van der Waals surface area contributed by atoms with Gasteiger partial charge in [0.15, 0.2) is 0 Å². The van der Waals surface area contributed by atoms with Gasteiger partial charge in [0.2, 0.25) is 0 Å². The molecule has 0 unspecified atom stereocenters. The van der Waals surface area contributed by atoms with Crippen LogP contribution in [-0.4, -0.2) is 23.7 Å². The van der Waals surface area contributed by atoms with Crippen molar-refractivity contribution in [2.24, 2.45) is 0 Å². The molecule has 2 rings (SSSR count). The van der Waals surface area contributed by atoms with Crippen LogP contribution in [0.15, 0.2) is 48.5 Å². The lowest BCUT2D eigenvalue weighted by molar-refractivity contribution is 0.0916. The highest BCUT2D eigenvalue weighted by Crippen LogP contribution is 2.12. The highest BCUT2D eigenvalue weighted by atomic mass is 16.3. The van der Waals surface area contributed by atoms with Gasteiger partial charge < -0.3 is 16.2 Å². The Morgan fingerprint density at radius 3 is 2.57 bits per heavy atom. The molecule has 0 aromatic heterocycles. The maximum absolute atomic E-state index is 12.2. The second kappa shape index (κ2) is 6.90. The minimum absolute atomic E-state index is 0.109. The number of hydrogen-bond donors (Lipinski definition) is 3. The van der Waals surface area contributed by atoms with Gasteiger partial charge in [-0.2, -0.15) is 0 Å². The zero-order valence-electron chi connectivity index (χ0n) is 12.0. The van der Waals surface area contributed by atoms with Gasteiger partial charge in [-0.15, -0.1) is 0 Å². The van der Waals surface area contributed by atoms with E-state index in [2.05, 4.69) is 5.32 Å². The molecule has 110 valence electrons. The molecular weight excluding hydrogens is 264 g/mol. The fourth-order valence-electron chi connectivity index (χ4n) is 2.27. The molecule has 0 bridgehead atoms. The number of anilines is 1. The Morgan fingerprint density at radius 2 is 1.95 bits per heavy atom. The van der Waals surface area contributed by atoms with Gasteiger partial charge in [-0.3, -0.25) is 4.79 Å². The molecule has 2 aromatic carbocycles. The van der Waals surface area contributed by atoms with Crippen molar-refractivity contribution in [3.63, 3.8) is 0 Å². The highest BCUT2D eigenvalue weighted by molar-refractivity contribution is 5.95. The van der Waals surface area contributed by atoms with E-state index in [1.54, 1.807) is 12.1 Å². The largest absolute Gasteiger partial charge is 0.399 e. The lowest BCUT2D eigenvalue weighted by Crippen LogP contribution is -2.39. The summed E-state index contributed by atoms with van der Waals surface area (Å²) >= 11 is 0. The van der Waals surface area contributed by atoms with Crippen molar-refractivity contribution in [1.29, 1.82) is 0 Å². The molecule has 0 aliphatic carbocycles. The highest BCUT2D eigenvalue weighted by Gasteiger charge is 2.14. The molecule has 0 radical (unpaired) electrons. The Labute approximate surface area is 124 Å². The Hall–Kier alpha value is -2.33. The lowest BCUT2D eigenvalue weighted by atomic mass is 10.1. The molecular formula is C17H20N2O2. The molecule has 0 fully saturated rings. The number of aliphatic hydroxyl groups is 1. The molecule has 1 amide bonds. The van der Waals surface area contributed by atoms with Gasteiger partial charge in [0.05, 0.1) is 12.6 Å². The minimum Gasteiger partial charge on any atom is -0.399 e. The Morgan fingerprint density at radius 1 is 1.24 bits per heavy atom. The quantitative estimate of drug-likeness (QED) is 0.734. The molecule has 4 N–H and O–H groups in total. The number of amides is 1. The number of nitrogen functional groups attached to an aromatic ring is 1. The van der Waals surface area contributed by atoms with Crippen molar-refractivity contribution in [3.05, 3.63) is 65.2 Å². The molecule has 1 atom stereocenters. The van der Waals surface area contributed by atoms with E-state index in [1.165, 1.54) is 0 Å². The third-order valence-electron chi connectivity index (χ3n) is 3.24. The van der Waals surface area contributed by atoms with Crippen LogP contribution in [0.3, 0.4) is 0 Å². The van der Waals surface area contributed by atoms with Crippen molar-refractivity contribution >= 4 is 11.6 Å². The van der Waals surface area contributed by atoms with E-state index in [0.29, 0.717) is 17.7 Å². The number of rotatable bonds is 5. The minimum atomic E-state index is -0.318. The number of benzene rings is 2. The van der Waals surface area contributed by atoms with Crippen LogP contribution in [0.5, 0.6) is 0 Å². The number of hydrogen-bond acceptors (Lipinski definition) is 3. The van der Waals surface area contributed by atoms with Crippen LogP contribution in [0, 0.1) is 6.92 Å². The van der Waals surface area contributed by atoms with Gasteiger partial charge >= 0.3 is 0 Å². The van der Waals surface area contributed by atoms with E-state index < -0.39 is 0 Å². The van der Waals surface area contributed by atoms with E-state index in [1.807, 2.05) is 43.3 Å². The summed E-state index contributed by atoms with van der Waals surface area (Å²) in [4.78, 5) is 12.2. The Bertz CT molecular complexity index is 591. The fraction of sp³-hybridized carbons (Fsp3) is 0.235. The summed E-state index contributed by atoms with van der Waals surface area (Å²) in [6.07, 6.45) is 0.588. The SMILES string of the molecule is Cc1cc(N)cc(C(=O)N[C@@H](CO)Cc2ccccc2)c1. The van der Waals surface area contributed by atoms with Gasteiger partial charge in [0, 0.05) is 11.3 Å². The number of aryl methyl sites for hydroxylation is 1. The summed E-state index contributed by atoms with van der Waals surface area (Å²) in [6, 6.07) is 14.7. The van der Waals surface area contributed by atoms with E-state index in [4.69, 9.17) is 5.73 Å². The number of aliphatic hydroxyl groups excluding tert-OH is 1. The van der Waals surface area contributed by atoms with Crippen LogP contribution in [-0.2, 0) is 6.42 Å². The van der Waals surface area contributed by atoms with E-state index >= 15 is 0 Å². The second-order valence-corrected chi connectivity index (χ2v) is 5.18. The molecule has 0 saturated carbocycles. The van der Waals surface area contributed by atoms with Crippen LogP contribution in [0.1, 0.15) is 21.5 Å². The van der Waals surface area contributed by atoms with Gasteiger partial charge in [-0.1, -0.05) is 30.3 Å². The van der Waals surface area contributed by atoms with Crippen LogP contribution in [0.2, 0.25) is 0 Å². The van der Waals surface area contributed by atoms with Crippen molar-refractivity contribution in [1.82, 2.24) is 5.32 Å². The van der Waals surface area contributed by atoms with Gasteiger partial charge in [0.25, 0.3) is 5.91 Å². The molecule has 0 aliphatic heterocycles. The van der Waals surface area contributed by atoms with Crippen LogP contribution in [0.25, 0.3) is 0 Å². The molecule has 4 heteroatoms. The first kappa shape index (κ1) is 15.1. The van der Waals surface area contributed by atoms with Gasteiger partial charge in [-0.25, -0.2) is 0 Å². The number of nitrogens with one attached hydrogen (secondary N) is 1. The molecule has 4 nitrogen and oxygen atoms in total. The number of carbonyl (C=O) groups excluding carboxylic acids is 1. The zero-order valence-corrected chi connectivity index (χ0v) is 12.0. The molecule has 0 heterocycles. The maximum Gasteiger partial charge on any atom is 0.251 e. The predicted octanol–water partition coefficient (Wildman–Crippen LogP) is 1.91. The van der Waals surface area contributed by atoms with E-state index in [9.17, 15) is 9.90 Å². The van der Waals surface area contributed by atoms with Gasteiger partial charge in [0.1, 0.15) is 0 Å². The topological polar surface area (TPSA) is 75.4 Å². The average molecular weight is 284 g/mol. The summed E-state index contributed by atoms with van der Waals surface area (Å²) in [5.41, 5.74) is 8.83. The summed E-state index contributed by atoms with van der Waals surface area (Å²) in [5.74, 6) is -0.222. The summed E-state index contributed by atoms with van der Waals surface area (Å²) in [6.45, 7) is 1.78. The monoisotopic (exact) mass is 284 g/mol. The van der Waals surface area contributed by atoms with Crippen molar-refractivity contribution < 1.29 is 9.90 Å². The summed E-state index contributed by atoms with van der Waals surface area (Å²) in [7, 11) is 0. The zero-order chi connectivity index (χ0) is 15.2. The molecule has 21 heavy (non-hydrogen) atoms. The third-order valence-corrected chi connectivity index (χ3v) is 3.24. The molecule has 0 aliphatic rings. The summed E-state index contributed by atoms with van der Waals surface area (Å²) in [5, 5.41) is 12.3. The van der Waals surface area contributed by atoms with Crippen LogP contribution >= 0.6 is 0 Å². The Balaban J connectivity index is 2.05. The van der Waals surface area contributed by atoms with Gasteiger partial charge in [-0.05, 0) is 42.7 Å². The number of carbonyl (C=O) groups is 1. The summed E-state index contributed by atoms with van der Waals surface area (Å²) < 4.78 is 0. The molecule has 0 saturated heterocycles. The first-order valence-electron chi connectivity index (χ1n) is 6.91.